The second-order valence-electron chi connectivity index (χ2n) is 2.76. The third kappa shape index (κ3) is 3.58. The van der Waals surface area contributed by atoms with Gasteiger partial charge in [0.2, 0.25) is 0 Å². The van der Waals surface area contributed by atoms with Gasteiger partial charge in [0.05, 0.1) is 5.01 Å². The molecule has 0 fully saturated rings. The van der Waals surface area contributed by atoms with Gasteiger partial charge in [-0.1, -0.05) is 5.92 Å². The quantitative estimate of drug-likeness (QED) is 0.757. The average molecular weight is 208 g/mol. The molecule has 0 radical (unpaired) electrons. The number of hydrogen-bond donors (Lipinski definition) is 1. The molecule has 0 spiro atoms. The van der Waals surface area contributed by atoms with Crippen molar-refractivity contribution in [1.29, 1.82) is 0 Å². The Bertz CT molecular complexity index is 373. The van der Waals surface area contributed by atoms with Crippen LogP contribution in [0.25, 0.3) is 0 Å². The number of carbonyl (C=O) groups excluding carboxylic acids is 1. The molecule has 4 heteroatoms. The van der Waals surface area contributed by atoms with Crippen LogP contribution in [0.1, 0.15) is 17.6 Å². The van der Waals surface area contributed by atoms with Crippen LogP contribution in [0.2, 0.25) is 0 Å². The van der Waals surface area contributed by atoms with Crippen molar-refractivity contribution in [3.63, 3.8) is 0 Å². The minimum Gasteiger partial charge on any atom is -0.345 e. The molecule has 0 aliphatic carbocycles. The Hall–Kier alpha value is -1.34. The number of amides is 1. The first-order valence-electron chi connectivity index (χ1n) is 4.34. The van der Waals surface area contributed by atoms with Crippen molar-refractivity contribution in [3.8, 4) is 11.8 Å². The summed E-state index contributed by atoms with van der Waals surface area (Å²) in [5.74, 6) is 4.74. The van der Waals surface area contributed by atoms with E-state index in [1.807, 2.05) is 12.3 Å². The van der Waals surface area contributed by atoms with E-state index in [9.17, 15) is 4.79 Å². The molecule has 0 aliphatic rings. The Morgan fingerprint density at radius 3 is 3.07 bits per heavy atom. The zero-order valence-corrected chi connectivity index (χ0v) is 9.07. The van der Waals surface area contributed by atoms with Crippen LogP contribution in [-0.2, 0) is 11.2 Å². The van der Waals surface area contributed by atoms with E-state index in [1.165, 1.54) is 0 Å². The highest BCUT2D eigenvalue weighted by atomic mass is 32.1. The third-order valence-corrected chi connectivity index (χ3v) is 2.56. The number of nitrogens with zero attached hydrogens (tertiary/aromatic N) is 1. The fourth-order valence-electron chi connectivity index (χ4n) is 0.958. The maximum Gasteiger partial charge on any atom is 0.295 e. The van der Waals surface area contributed by atoms with Crippen molar-refractivity contribution in [2.75, 3.05) is 6.54 Å². The van der Waals surface area contributed by atoms with Crippen LogP contribution >= 0.6 is 11.3 Å². The highest BCUT2D eigenvalue weighted by Crippen LogP contribution is 2.08. The summed E-state index contributed by atoms with van der Waals surface area (Å²) in [5.41, 5.74) is 1.03. The van der Waals surface area contributed by atoms with E-state index >= 15 is 0 Å². The zero-order chi connectivity index (χ0) is 10.4. The van der Waals surface area contributed by atoms with Crippen LogP contribution in [0.5, 0.6) is 0 Å². The van der Waals surface area contributed by atoms with Crippen molar-refractivity contribution in [1.82, 2.24) is 10.3 Å². The van der Waals surface area contributed by atoms with Gasteiger partial charge in [0, 0.05) is 24.0 Å². The van der Waals surface area contributed by atoms with Gasteiger partial charge < -0.3 is 5.32 Å². The molecule has 1 rings (SSSR count). The lowest BCUT2D eigenvalue weighted by Gasteiger charge is -1.97. The second kappa shape index (κ2) is 5.40. The van der Waals surface area contributed by atoms with Crippen LogP contribution in [0.3, 0.4) is 0 Å². The first kappa shape index (κ1) is 10.7. The molecule has 0 saturated heterocycles. The average Bonchev–Trinajstić information content (AvgIpc) is 2.52. The van der Waals surface area contributed by atoms with E-state index in [-0.39, 0.29) is 5.91 Å². The summed E-state index contributed by atoms with van der Waals surface area (Å²) in [5, 5.41) is 5.75. The fraction of sp³-hybridized carbons (Fsp3) is 0.400. The van der Waals surface area contributed by atoms with Crippen LogP contribution < -0.4 is 5.32 Å². The van der Waals surface area contributed by atoms with E-state index in [0.29, 0.717) is 6.54 Å². The van der Waals surface area contributed by atoms with E-state index in [1.54, 1.807) is 18.3 Å². The number of aromatic nitrogens is 1. The first-order valence-corrected chi connectivity index (χ1v) is 5.22. The predicted octanol–water partition coefficient (Wildman–Crippen LogP) is 1.13. The summed E-state index contributed by atoms with van der Waals surface area (Å²) < 4.78 is 0. The van der Waals surface area contributed by atoms with Crippen LogP contribution in [-0.4, -0.2) is 17.4 Å². The van der Waals surface area contributed by atoms with E-state index in [4.69, 9.17) is 0 Å². The summed E-state index contributed by atoms with van der Waals surface area (Å²) in [6.07, 6.45) is 0.773. The molecule has 1 amide bonds. The highest BCUT2D eigenvalue weighted by Gasteiger charge is 1.99. The number of aryl methyl sites for hydroxylation is 1. The number of rotatable bonds is 3. The Morgan fingerprint density at radius 1 is 1.71 bits per heavy atom. The van der Waals surface area contributed by atoms with Gasteiger partial charge in [-0.3, -0.25) is 4.79 Å². The molecular weight excluding hydrogens is 196 g/mol. The monoisotopic (exact) mass is 208 g/mol. The van der Waals surface area contributed by atoms with Gasteiger partial charge in [0.1, 0.15) is 0 Å². The maximum atomic E-state index is 10.9. The molecule has 3 nitrogen and oxygen atoms in total. The minimum absolute atomic E-state index is 0.222. The molecule has 0 aliphatic heterocycles. The lowest BCUT2D eigenvalue weighted by Crippen LogP contribution is -2.23. The molecule has 0 bridgehead atoms. The molecule has 0 unspecified atom stereocenters. The van der Waals surface area contributed by atoms with Gasteiger partial charge in [0.15, 0.2) is 0 Å². The van der Waals surface area contributed by atoms with Gasteiger partial charge in [-0.25, -0.2) is 4.98 Å². The summed E-state index contributed by atoms with van der Waals surface area (Å²) in [4.78, 5) is 15.2. The van der Waals surface area contributed by atoms with Crippen LogP contribution in [0.4, 0.5) is 0 Å². The van der Waals surface area contributed by atoms with Crippen molar-refractivity contribution >= 4 is 17.2 Å². The number of hydrogen-bond acceptors (Lipinski definition) is 3. The maximum absolute atomic E-state index is 10.9. The normalized spacial score (nSPS) is 9.00. The topological polar surface area (TPSA) is 42.0 Å². The summed E-state index contributed by atoms with van der Waals surface area (Å²) in [7, 11) is 0. The number of carbonyl (C=O) groups is 1. The highest BCUT2D eigenvalue weighted by molar-refractivity contribution is 7.09. The zero-order valence-electron chi connectivity index (χ0n) is 8.26. The molecule has 0 saturated carbocycles. The molecule has 1 heterocycles. The largest absolute Gasteiger partial charge is 0.345 e. The van der Waals surface area contributed by atoms with E-state index in [2.05, 4.69) is 22.1 Å². The van der Waals surface area contributed by atoms with Crippen molar-refractivity contribution in [2.45, 2.75) is 20.3 Å². The van der Waals surface area contributed by atoms with Crippen LogP contribution in [0.15, 0.2) is 5.38 Å². The van der Waals surface area contributed by atoms with Gasteiger partial charge >= 0.3 is 0 Å². The molecule has 1 aromatic heterocycles. The Morgan fingerprint density at radius 2 is 2.50 bits per heavy atom. The number of nitrogens with one attached hydrogen (secondary N) is 1. The SMILES string of the molecule is CC#CC(=O)NCCc1nc(C)cs1. The van der Waals surface area contributed by atoms with Crippen molar-refractivity contribution < 1.29 is 4.79 Å². The molecule has 74 valence electrons. The van der Waals surface area contributed by atoms with Crippen LogP contribution in [0, 0.1) is 18.8 Å². The second-order valence-corrected chi connectivity index (χ2v) is 3.71. The van der Waals surface area contributed by atoms with Crippen molar-refractivity contribution in [2.24, 2.45) is 0 Å². The molecule has 0 aromatic carbocycles. The third-order valence-electron chi connectivity index (χ3n) is 1.53. The lowest BCUT2D eigenvalue weighted by molar-refractivity contribution is -0.115. The first-order chi connectivity index (χ1) is 6.72. The van der Waals surface area contributed by atoms with Gasteiger partial charge in [-0.05, 0) is 19.8 Å². The molecule has 1 N–H and O–H groups in total. The summed E-state index contributed by atoms with van der Waals surface area (Å²) in [6.45, 7) is 4.20. The lowest BCUT2D eigenvalue weighted by atomic mass is 10.4. The standard InChI is InChI=1S/C10H12N2OS/c1-3-4-9(13)11-6-5-10-12-8(2)7-14-10/h7H,5-6H2,1-2H3,(H,11,13). The molecular formula is C10H12N2OS. The molecule has 14 heavy (non-hydrogen) atoms. The minimum atomic E-state index is -0.222. The smallest absolute Gasteiger partial charge is 0.295 e. The Labute approximate surface area is 87.6 Å². The Balaban J connectivity index is 2.27. The van der Waals surface area contributed by atoms with Gasteiger partial charge in [-0.15, -0.1) is 11.3 Å². The molecule has 0 atom stereocenters. The Kier molecular flexibility index (Phi) is 4.14. The summed E-state index contributed by atoms with van der Waals surface area (Å²) in [6, 6.07) is 0. The predicted molar refractivity (Wildman–Crippen MR) is 57.0 cm³/mol. The van der Waals surface area contributed by atoms with Crippen molar-refractivity contribution in [3.05, 3.63) is 16.1 Å². The number of thiazole rings is 1. The molecule has 1 aromatic rings. The van der Waals surface area contributed by atoms with E-state index in [0.717, 1.165) is 17.1 Å². The van der Waals surface area contributed by atoms with Gasteiger partial charge in [0.25, 0.3) is 5.91 Å². The fourth-order valence-corrected chi connectivity index (χ4v) is 1.73. The van der Waals surface area contributed by atoms with Gasteiger partial charge in [-0.2, -0.15) is 0 Å². The van der Waals surface area contributed by atoms with E-state index < -0.39 is 0 Å². The summed E-state index contributed by atoms with van der Waals surface area (Å²) >= 11 is 1.62.